The van der Waals surface area contributed by atoms with E-state index in [0.29, 0.717) is 25.3 Å². The second-order valence-electron chi connectivity index (χ2n) is 4.92. The van der Waals surface area contributed by atoms with Crippen molar-refractivity contribution >= 4 is 0 Å². The predicted octanol–water partition coefficient (Wildman–Crippen LogP) is 2.86. The Morgan fingerprint density at radius 2 is 2.11 bits per heavy atom. The van der Waals surface area contributed by atoms with Gasteiger partial charge in [-0.15, -0.1) is 0 Å². The molecule has 1 N–H and O–H groups in total. The van der Waals surface area contributed by atoms with Crippen molar-refractivity contribution in [2.24, 2.45) is 5.41 Å². The van der Waals surface area contributed by atoms with E-state index >= 15 is 0 Å². The van der Waals surface area contributed by atoms with Crippen molar-refractivity contribution < 1.29 is 9.13 Å². The summed E-state index contributed by atoms with van der Waals surface area (Å²) in [6.45, 7) is 4.71. The van der Waals surface area contributed by atoms with Gasteiger partial charge in [-0.3, -0.25) is 0 Å². The van der Waals surface area contributed by atoms with Crippen LogP contribution in [0.1, 0.15) is 25.8 Å². The Hall–Kier alpha value is -1.60. The summed E-state index contributed by atoms with van der Waals surface area (Å²) in [4.78, 5) is 0. The number of ether oxygens (including phenoxy) is 1. The molecule has 4 heteroatoms. The van der Waals surface area contributed by atoms with Crippen molar-refractivity contribution in [3.05, 3.63) is 29.6 Å². The van der Waals surface area contributed by atoms with Gasteiger partial charge in [0.2, 0.25) is 0 Å². The summed E-state index contributed by atoms with van der Waals surface area (Å²) in [7, 11) is 1.81. The highest BCUT2D eigenvalue weighted by Crippen LogP contribution is 2.21. The molecule has 0 aliphatic carbocycles. The summed E-state index contributed by atoms with van der Waals surface area (Å²) in [6.07, 6.45) is 0.612. The minimum absolute atomic E-state index is 0.308. The van der Waals surface area contributed by atoms with Crippen LogP contribution in [0, 0.1) is 22.6 Å². The number of halogens is 1. The molecule has 0 fully saturated rings. The highest BCUT2D eigenvalue weighted by Gasteiger charge is 2.16. The Bertz CT molecular complexity index is 438. The molecule has 18 heavy (non-hydrogen) atoms. The average Bonchev–Trinajstić information content (AvgIpc) is 2.28. The molecule has 0 saturated carbocycles. The Morgan fingerprint density at radius 1 is 1.39 bits per heavy atom. The Labute approximate surface area is 108 Å². The van der Waals surface area contributed by atoms with Crippen LogP contribution in [-0.2, 0) is 6.54 Å². The zero-order valence-electron chi connectivity index (χ0n) is 11.1. The van der Waals surface area contributed by atoms with Crippen molar-refractivity contribution in [1.29, 1.82) is 5.26 Å². The van der Waals surface area contributed by atoms with Crippen LogP contribution in [0.4, 0.5) is 4.39 Å². The molecule has 0 saturated heterocycles. The van der Waals surface area contributed by atoms with E-state index in [1.807, 2.05) is 13.8 Å². The SMILES string of the molecule is CNCc1cc(F)cc(OCCC(C)(C)C#N)c1. The van der Waals surface area contributed by atoms with Gasteiger partial charge in [0.15, 0.2) is 0 Å². The summed E-state index contributed by atoms with van der Waals surface area (Å²) < 4.78 is 18.8. The van der Waals surface area contributed by atoms with Crippen molar-refractivity contribution in [3.8, 4) is 11.8 Å². The number of nitrogens with zero attached hydrogens (tertiary/aromatic N) is 1. The van der Waals surface area contributed by atoms with Gasteiger partial charge in [0.25, 0.3) is 0 Å². The normalized spacial score (nSPS) is 11.1. The van der Waals surface area contributed by atoms with Crippen LogP contribution in [0.25, 0.3) is 0 Å². The fourth-order valence-corrected chi connectivity index (χ4v) is 1.49. The highest BCUT2D eigenvalue weighted by atomic mass is 19.1. The molecule has 0 atom stereocenters. The molecule has 0 aliphatic heterocycles. The molecule has 0 spiro atoms. The number of benzene rings is 1. The number of nitriles is 1. The first-order valence-electron chi connectivity index (χ1n) is 5.95. The first-order chi connectivity index (χ1) is 8.46. The van der Waals surface area contributed by atoms with Crippen LogP contribution in [0.15, 0.2) is 18.2 Å². The van der Waals surface area contributed by atoms with Gasteiger partial charge in [-0.05, 0) is 45.0 Å². The monoisotopic (exact) mass is 250 g/mol. The maximum absolute atomic E-state index is 13.3. The Morgan fingerprint density at radius 3 is 2.72 bits per heavy atom. The van der Waals surface area contributed by atoms with Gasteiger partial charge in [-0.25, -0.2) is 4.39 Å². The maximum atomic E-state index is 13.3. The molecule has 0 amide bonds. The van der Waals surface area contributed by atoms with E-state index in [-0.39, 0.29) is 5.82 Å². The number of hydrogen-bond donors (Lipinski definition) is 1. The summed E-state index contributed by atoms with van der Waals surface area (Å²) in [5.74, 6) is 0.200. The van der Waals surface area contributed by atoms with Crippen molar-refractivity contribution in [2.45, 2.75) is 26.8 Å². The van der Waals surface area contributed by atoms with Crippen LogP contribution >= 0.6 is 0 Å². The van der Waals surface area contributed by atoms with Gasteiger partial charge in [0.1, 0.15) is 11.6 Å². The average molecular weight is 250 g/mol. The minimum Gasteiger partial charge on any atom is -0.493 e. The van der Waals surface area contributed by atoms with E-state index in [0.717, 1.165) is 5.56 Å². The Kier molecular flexibility index (Phi) is 5.11. The Balaban J connectivity index is 2.60. The van der Waals surface area contributed by atoms with Gasteiger partial charge in [0, 0.05) is 12.6 Å². The number of rotatable bonds is 6. The van der Waals surface area contributed by atoms with Crippen molar-refractivity contribution in [2.75, 3.05) is 13.7 Å². The second kappa shape index (κ2) is 6.36. The quantitative estimate of drug-likeness (QED) is 0.844. The molecule has 1 aromatic rings. The van der Waals surface area contributed by atoms with Crippen molar-refractivity contribution in [1.82, 2.24) is 5.32 Å². The van der Waals surface area contributed by atoms with E-state index in [1.54, 1.807) is 13.1 Å². The van der Waals surface area contributed by atoms with Crippen LogP contribution in [0.3, 0.4) is 0 Å². The molecule has 0 radical (unpaired) electrons. The number of nitrogens with one attached hydrogen (secondary N) is 1. The third-order valence-corrected chi connectivity index (χ3v) is 2.61. The lowest BCUT2D eigenvalue weighted by molar-refractivity contribution is 0.263. The summed E-state index contributed by atoms with van der Waals surface area (Å²) >= 11 is 0. The van der Waals surface area contributed by atoms with Gasteiger partial charge in [-0.1, -0.05) is 0 Å². The predicted molar refractivity (Wildman–Crippen MR) is 68.7 cm³/mol. The first-order valence-corrected chi connectivity index (χ1v) is 5.95. The molecule has 0 heterocycles. The van der Waals surface area contributed by atoms with Crippen LogP contribution in [-0.4, -0.2) is 13.7 Å². The smallest absolute Gasteiger partial charge is 0.127 e. The van der Waals surface area contributed by atoms with E-state index in [9.17, 15) is 4.39 Å². The molecule has 1 rings (SSSR count). The van der Waals surface area contributed by atoms with Crippen LogP contribution in [0.5, 0.6) is 5.75 Å². The molecule has 0 aromatic heterocycles. The summed E-state index contributed by atoms with van der Waals surface area (Å²) in [5.41, 5.74) is 0.424. The van der Waals surface area contributed by atoms with E-state index in [4.69, 9.17) is 10.00 Å². The van der Waals surface area contributed by atoms with Gasteiger partial charge < -0.3 is 10.1 Å². The molecule has 0 unspecified atom stereocenters. The lowest BCUT2D eigenvalue weighted by Gasteiger charge is -2.15. The molecule has 1 aromatic carbocycles. The molecule has 3 nitrogen and oxygen atoms in total. The molecule has 0 aliphatic rings. The molecular weight excluding hydrogens is 231 g/mol. The van der Waals surface area contributed by atoms with Gasteiger partial charge >= 0.3 is 0 Å². The first kappa shape index (κ1) is 14.5. The lowest BCUT2D eigenvalue weighted by Crippen LogP contribution is -2.13. The maximum Gasteiger partial charge on any atom is 0.127 e. The third kappa shape index (κ3) is 4.72. The highest BCUT2D eigenvalue weighted by molar-refractivity contribution is 5.29. The van der Waals surface area contributed by atoms with E-state index < -0.39 is 5.41 Å². The van der Waals surface area contributed by atoms with Crippen LogP contribution in [0.2, 0.25) is 0 Å². The standard InChI is InChI=1S/C14H19FN2O/c1-14(2,10-16)4-5-18-13-7-11(9-17-3)6-12(15)8-13/h6-8,17H,4-5,9H2,1-3H3. The van der Waals surface area contributed by atoms with Gasteiger partial charge in [-0.2, -0.15) is 5.26 Å². The minimum atomic E-state index is -0.416. The number of hydrogen-bond acceptors (Lipinski definition) is 3. The van der Waals surface area contributed by atoms with Crippen molar-refractivity contribution in [3.63, 3.8) is 0 Å². The van der Waals surface area contributed by atoms with Gasteiger partial charge in [0.05, 0.1) is 18.1 Å². The molecule has 98 valence electrons. The topological polar surface area (TPSA) is 45.0 Å². The second-order valence-corrected chi connectivity index (χ2v) is 4.92. The van der Waals surface area contributed by atoms with E-state index in [1.165, 1.54) is 12.1 Å². The largest absolute Gasteiger partial charge is 0.493 e. The van der Waals surface area contributed by atoms with Crippen LogP contribution < -0.4 is 10.1 Å². The molecule has 0 bridgehead atoms. The molecular formula is C14H19FN2O. The fraction of sp³-hybridized carbons (Fsp3) is 0.500. The zero-order chi connectivity index (χ0) is 13.6. The lowest BCUT2D eigenvalue weighted by atomic mass is 9.92. The third-order valence-electron chi connectivity index (χ3n) is 2.61. The van der Waals surface area contributed by atoms with E-state index in [2.05, 4.69) is 11.4 Å². The summed E-state index contributed by atoms with van der Waals surface area (Å²) in [6, 6.07) is 6.85. The summed E-state index contributed by atoms with van der Waals surface area (Å²) in [5, 5.41) is 11.8. The fourth-order valence-electron chi connectivity index (χ4n) is 1.49. The zero-order valence-corrected chi connectivity index (χ0v) is 11.1.